The standard InChI is InChI=1S/C29H24Cl2N4O6/c1-18(40-27-13-9-21(30)16-24(27)31)28(36)33-25(15-19-5-3-2-4-6-19)29(37)34-32-17-23-12-14-26(41-23)20-7-10-22(11-8-20)35(38)39/h2-14,16-18,25H,15H2,1H3,(H,33,36)(H,34,37)/b32-17-/t18-,25+/m1/s1. The number of carbonyl (C=O) groups excluding carboxylic acids is 2. The number of amides is 2. The molecule has 3 aromatic carbocycles. The number of nitro benzene ring substituents is 1. The number of benzene rings is 3. The summed E-state index contributed by atoms with van der Waals surface area (Å²) in [7, 11) is 0. The quantitative estimate of drug-likeness (QED) is 0.128. The Labute approximate surface area is 245 Å². The molecule has 10 nitrogen and oxygen atoms in total. The van der Waals surface area contributed by atoms with Crippen LogP contribution in [0.15, 0.2) is 94.4 Å². The number of ether oxygens (including phenoxy) is 1. The number of carbonyl (C=O) groups is 2. The van der Waals surface area contributed by atoms with E-state index in [1.165, 1.54) is 31.3 Å². The summed E-state index contributed by atoms with van der Waals surface area (Å²) in [6.07, 6.45) is 0.541. The number of halogens is 2. The summed E-state index contributed by atoms with van der Waals surface area (Å²) in [5.41, 5.74) is 3.87. The van der Waals surface area contributed by atoms with Gasteiger partial charge in [-0.15, -0.1) is 0 Å². The summed E-state index contributed by atoms with van der Waals surface area (Å²) in [6, 6.07) is 22.1. The first-order valence-corrected chi connectivity index (χ1v) is 13.1. The van der Waals surface area contributed by atoms with Crippen molar-refractivity contribution in [1.82, 2.24) is 10.7 Å². The van der Waals surface area contributed by atoms with Crippen molar-refractivity contribution in [3.8, 4) is 17.1 Å². The maximum atomic E-state index is 13.1. The van der Waals surface area contributed by atoms with Gasteiger partial charge >= 0.3 is 0 Å². The number of hydrogen-bond donors (Lipinski definition) is 2. The molecule has 1 aromatic heterocycles. The SMILES string of the molecule is C[C@@H](Oc1ccc(Cl)cc1Cl)C(=O)N[C@@H](Cc1ccccc1)C(=O)N/N=C\c1ccc(-c2ccc([N+](=O)[O-])cc2)o1. The van der Waals surface area contributed by atoms with Crippen LogP contribution in [0.5, 0.6) is 5.75 Å². The second-order valence-corrected chi connectivity index (χ2v) is 9.67. The first-order valence-electron chi connectivity index (χ1n) is 12.3. The first kappa shape index (κ1) is 29.3. The van der Waals surface area contributed by atoms with Crippen molar-refractivity contribution in [2.24, 2.45) is 5.10 Å². The molecule has 210 valence electrons. The highest BCUT2D eigenvalue weighted by Crippen LogP contribution is 2.28. The van der Waals surface area contributed by atoms with Crippen LogP contribution in [0, 0.1) is 10.1 Å². The van der Waals surface area contributed by atoms with Gasteiger partial charge in [0.2, 0.25) is 0 Å². The Morgan fingerprint density at radius 1 is 1.02 bits per heavy atom. The summed E-state index contributed by atoms with van der Waals surface area (Å²) < 4.78 is 11.4. The molecule has 4 rings (SSSR count). The number of nitrogens with zero attached hydrogens (tertiary/aromatic N) is 2. The fraction of sp³-hybridized carbons (Fsp3) is 0.138. The van der Waals surface area contributed by atoms with Crippen LogP contribution in [0.2, 0.25) is 10.0 Å². The molecule has 0 spiro atoms. The molecule has 2 atom stereocenters. The molecule has 41 heavy (non-hydrogen) atoms. The Balaban J connectivity index is 1.41. The molecule has 12 heteroatoms. The maximum Gasteiger partial charge on any atom is 0.269 e. The van der Waals surface area contributed by atoms with Crippen LogP contribution in [0.25, 0.3) is 11.3 Å². The lowest BCUT2D eigenvalue weighted by atomic mass is 10.1. The van der Waals surface area contributed by atoms with Gasteiger partial charge in [0.1, 0.15) is 23.3 Å². The lowest BCUT2D eigenvalue weighted by molar-refractivity contribution is -0.384. The average Bonchev–Trinajstić information content (AvgIpc) is 3.43. The molecule has 2 amide bonds. The maximum absolute atomic E-state index is 13.1. The van der Waals surface area contributed by atoms with Crippen LogP contribution in [0.4, 0.5) is 5.69 Å². The van der Waals surface area contributed by atoms with Crippen molar-refractivity contribution >= 4 is 46.9 Å². The summed E-state index contributed by atoms with van der Waals surface area (Å²) in [5.74, 6) is -0.00747. The molecular formula is C29H24Cl2N4O6. The molecule has 0 aliphatic heterocycles. The summed E-state index contributed by atoms with van der Waals surface area (Å²) in [5, 5.41) is 18.2. The van der Waals surface area contributed by atoms with Crippen LogP contribution in [-0.4, -0.2) is 35.1 Å². The molecule has 0 saturated carbocycles. The normalized spacial score (nSPS) is 12.5. The summed E-state index contributed by atoms with van der Waals surface area (Å²) >= 11 is 12.1. The van der Waals surface area contributed by atoms with Crippen LogP contribution < -0.4 is 15.5 Å². The summed E-state index contributed by atoms with van der Waals surface area (Å²) in [6.45, 7) is 1.54. The highest BCUT2D eigenvalue weighted by Gasteiger charge is 2.25. The number of furan rings is 1. The number of nitro groups is 1. The Morgan fingerprint density at radius 2 is 1.76 bits per heavy atom. The second kappa shape index (κ2) is 13.6. The van der Waals surface area contributed by atoms with Gasteiger partial charge in [-0.05, 0) is 55.0 Å². The van der Waals surface area contributed by atoms with E-state index in [2.05, 4.69) is 15.8 Å². The van der Waals surface area contributed by atoms with Crippen molar-refractivity contribution in [2.45, 2.75) is 25.5 Å². The van der Waals surface area contributed by atoms with Crippen molar-refractivity contribution in [3.63, 3.8) is 0 Å². The van der Waals surface area contributed by atoms with E-state index in [9.17, 15) is 19.7 Å². The van der Waals surface area contributed by atoms with Gasteiger partial charge < -0.3 is 14.5 Å². The third-order valence-corrected chi connectivity index (χ3v) is 6.37. The first-order chi connectivity index (χ1) is 19.7. The Kier molecular flexibility index (Phi) is 9.73. The lowest BCUT2D eigenvalue weighted by Crippen LogP contribution is -2.50. The molecule has 0 aliphatic rings. The van der Waals surface area contributed by atoms with Gasteiger partial charge in [-0.25, -0.2) is 5.43 Å². The van der Waals surface area contributed by atoms with Gasteiger partial charge in [0.15, 0.2) is 6.10 Å². The van der Waals surface area contributed by atoms with Gasteiger partial charge in [-0.1, -0.05) is 53.5 Å². The van der Waals surface area contributed by atoms with Crippen LogP contribution in [-0.2, 0) is 16.0 Å². The highest BCUT2D eigenvalue weighted by atomic mass is 35.5. The number of hydrazone groups is 1. The zero-order chi connectivity index (χ0) is 29.4. The Morgan fingerprint density at radius 3 is 2.44 bits per heavy atom. The molecule has 1 heterocycles. The molecule has 0 unspecified atom stereocenters. The van der Waals surface area contributed by atoms with Gasteiger partial charge in [-0.3, -0.25) is 19.7 Å². The van der Waals surface area contributed by atoms with E-state index >= 15 is 0 Å². The molecule has 0 saturated heterocycles. The predicted octanol–water partition coefficient (Wildman–Crippen LogP) is 5.81. The summed E-state index contributed by atoms with van der Waals surface area (Å²) in [4.78, 5) is 36.4. The zero-order valence-corrected chi connectivity index (χ0v) is 23.1. The smallest absolute Gasteiger partial charge is 0.269 e. The molecule has 4 aromatic rings. The topological polar surface area (TPSA) is 136 Å². The van der Waals surface area contributed by atoms with Crippen LogP contribution >= 0.6 is 23.2 Å². The monoisotopic (exact) mass is 594 g/mol. The van der Waals surface area contributed by atoms with Crippen LogP contribution in [0.1, 0.15) is 18.2 Å². The minimum atomic E-state index is -0.971. The Bertz CT molecular complexity index is 1560. The average molecular weight is 595 g/mol. The second-order valence-electron chi connectivity index (χ2n) is 8.83. The fourth-order valence-corrected chi connectivity index (χ4v) is 4.18. The van der Waals surface area contributed by atoms with E-state index in [1.807, 2.05) is 30.3 Å². The van der Waals surface area contributed by atoms with E-state index in [4.69, 9.17) is 32.4 Å². The molecular weight excluding hydrogens is 571 g/mol. The fourth-order valence-electron chi connectivity index (χ4n) is 3.73. The molecule has 0 aliphatic carbocycles. The van der Waals surface area contributed by atoms with Crippen molar-refractivity contribution < 1.29 is 23.7 Å². The molecule has 0 bridgehead atoms. The van der Waals surface area contributed by atoms with E-state index < -0.39 is 28.9 Å². The van der Waals surface area contributed by atoms with Gasteiger partial charge in [0.05, 0.1) is 16.2 Å². The number of non-ortho nitro benzene ring substituents is 1. The third kappa shape index (κ3) is 8.17. The van der Waals surface area contributed by atoms with E-state index in [1.54, 1.807) is 36.4 Å². The minimum absolute atomic E-state index is 0.0308. The third-order valence-electron chi connectivity index (χ3n) is 5.84. The number of rotatable bonds is 11. The lowest BCUT2D eigenvalue weighted by Gasteiger charge is -2.21. The van der Waals surface area contributed by atoms with E-state index in [-0.39, 0.29) is 22.9 Å². The number of hydrogen-bond acceptors (Lipinski definition) is 7. The van der Waals surface area contributed by atoms with Crippen molar-refractivity contribution in [1.29, 1.82) is 0 Å². The van der Waals surface area contributed by atoms with Crippen molar-refractivity contribution in [3.05, 3.63) is 116 Å². The van der Waals surface area contributed by atoms with Gasteiger partial charge in [-0.2, -0.15) is 5.10 Å². The van der Waals surface area contributed by atoms with E-state index in [0.717, 1.165) is 5.56 Å². The van der Waals surface area contributed by atoms with Gasteiger partial charge in [0.25, 0.3) is 17.5 Å². The van der Waals surface area contributed by atoms with Crippen LogP contribution in [0.3, 0.4) is 0 Å². The molecule has 0 radical (unpaired) electrons. The zero-order valence-electron chi connectivity index (χ0n) is 21.6. The molecule has 0 fully saturated rings. The minimum Gasteiger partial charge on any atom is -0.479 e. The highest BCUT2D eigenvalue weighted by molar-refractivity contribution is 6.35. The number of nitrogens with one attached hydrogen (secondary N) is 2. The van der Waals surface area contributed by atoms with Crippen molar-refractivity contribution in [2.75, 3.05) is 0 Å². The molecule has 2 N–H and O–H groups in total. The van der Waals surface area contributed by atoms with E-state index in [0.29, 0.717) is 22.1 Å². The largest absolute Gasteiger partial charge is 0.479 e. The van der Waals surface area contributed by atoms with Gasteiger partial charge in [0, 0.05) is 29.1 Å². The predicted molar refractivity (Wildman–Crippen MR) is 155 cm³/mol. The Hall–Kier alpha value is -4.67.